The molecular weight excluding hydrogens is 272 g/mol. The average molecular weight is 299 g/mol. The molecule has 3 nitrogen and oxygen atoms in total. The second-order valence-corrected chi connectivity index (χ2v) is 6.31. The van der Waals surface area contributed by atoms with Crippen LogP contribution in [0.4, 0.5) is 0 Å². The summed E-state index contributed by atoms with van der Waals surface area (Å²) in [6.07, 6.45) is -0.361. The molecule has 1 aromatic rings. The summed E-state index contributed by atoms with van der Waals surface area (Å²) >= 11 is 6.02. The predicted molar refractivity (Wildman–Crippen MR) is 86.2 cm³/mol. The van der Waals surface area contributed by atoms with Crippen molar-refractivity contribution in [3.63, 3.8) is 0 Å². The van der Waals surface area contributed by atoms with Crippen molar-refractivity contribution in [1.82, 2.24) is 10.2 Å². The van der Waals surface area contributed by atoms with Crippen LogP contribution in [0, 0.1) is 5.92 Å². The topological polar surface area (TPSA) is 35.5 Å². The normalized spacial score (nSPS) is 14.8. The molecule has 0 aliphatic rings. The van der Waals surface area contributed by atoms with E-state index in [-0.39, 0.29) is 12.1 Å². The van der Waals surface area contributed by atoms with Crippen molar-refractivity contribution in [3.8, 4) is 0 Å². The van der Waals surface area contributed by atoms with Crippen LogP contribution in [0.2, 0.25) is 5.02 Å². The van der Waals surface area contributed by atoms with E-state index >= 15 is 0 Å². The lowest BCUT2D eigenvalue weighted by atomic mass is 10.1. The largest absolute Gasteiger partial charge is 0.390 e. The molecule has 0 saturated carbocycles. The molecule has 4 heteroatoms. The summed E-state index contributed by atoms with van der Waals surface area (Å²) < 4.78 is 0. The van der Waals surface area contributed by atoms with Gasteiger partial charge in [0.05, 0.1) is 6.10 Å². The molecule has 0 fully saturated rings. The summed E-state index contributed by atoms with van der Waals surface area (Å²) in [6.45, 7) is 8.65. The molecule has 0 spiro atoms. The van der Waals surface area contributed by atoms with E-state index in [1.165, 1.54) is 5.56 Å². The minimum Gasteiger partial charge on any atom is -0.390 e. The van der Waals surface area contributed by atoms with Crippen molar-refractivity contribution in [2.24, 2.45) is 5.92 Å². The second kappa shape index (κ2) is 8.63. The van der Waals surface area contributed by atoms with Gasteiger partial charge in [0.1, 0.15) is 0 Å². The molecule has 2 atom stereocenters. The molecule has 0 radical (unpaired) electrons. The maximum atomic E-state index is 10.1. The quantitative estimate of drug-likeness (QED) is 0.774. The predicted octanol–water partition coefficient (Wildman–Crippen LogP) is 2.94. The van der Waals surface area contributed by atoms with Gasteiger partial charge in [0, 0.05) is 24.2 Å². The lowest BCUT2D eigenvalue weighted by molar-refractivity contribution is 0.106. The smallest absolute Gasteiger partial charge is 0.0791 e. The number of hydrogen-bond acceptors (Lipinski definition) is 3. The minimum atomic E-state index is -0.361. The summed E-state index contributed by atoms with van der Waals surface area (Å²) in [5.41, 5.74) is 1.17. The first kappa shape index (κ1) is 17.4. The molecule has 1 rings (SSSR count). The van der Waals surface area contributed by atoms with Crippen LogP contribution >= 0.6 is 11.6 Å². The van der Waals surface area contributed by atoms with Gasteiger partial charge < -0.3 is 10.4 Å². The van der Waals surface area contributed by atoms with Gasteiger partial charge in [0.15, 0.2) is 0 Å². The van der Waals surface area contributed by atoms with E-state index < -0.39 is 0 Å². The molecule has 2 unspecified atom stereocenters. The van der Waals surface area contributed by atoms with Crippen LogP contribution in [0.5, 0.6) is 0 Å². The summed E-state index contributed by atoms with van der Waals surface area (Å²) in [7, 11) is 2.03. The van der Waals surface area contributed by atoms with Crippen molar-refractivity contribution in [3.05, 3.63) is 34.9 Å². The van der Waals surface area contributed by atoms with Crippen molar-refractivity contribution in [2.75, 3.05) is 26.7 Å². The fourth-order valence-electron chi connectivity index (χ4n) is 2.11. The zero-order chi connectivity index (χ0) is 15.1. The molecule has 0 heterocycles. The fraction of sp³-hybridized carbons (Fsp3) is 0.625. The number of aliphatic hydroxyl groups excluding tert-OH is 1. The van der Waals surface area contributed by atoms with Crippen molar-refractivity contribution < 1.29 is 5.11 Å². The number of benzene rings is 1. The molecule has 2 N–H and O–H groups in total. The standard InChI is InChI=1S/C16H27ClN2O/c1-12(2)9-18-10-16(20)11-19(4)13(3)14-6-5-7-15(17)8-14/h5-8,12-13,16,18,20H,9-11H2,1-4H3. The van der Waals surface area contributed by atoms with Gasteiger partial charge in [-0.2, -0.15) is 0 Å². The summed E-state index contributed by atoms with van der Waals surface area (Å²) in [5, 5.41) is 14.1. The van der Waals surface area contributed by atoms with Gasteiger partial charge in [-0.25, -0.2) is 0 Å². The Morgan fingerprint density at radius 1 is 1.25 bits per heavy atom. The second-order valence-electron chi connectivity index (χ2n) is 5.88. The highest BCUT2D eigenvalue weighted by Gasteiger charge is 2.15. The fourth-order valence-corrected chi connectivity index (χ4v) is 2.31. The van der Waals surface area contributed by atoms with E-state index in [1.807, 2.05) is 25.2 Å². The molecule has 0 aromatic heterocycles. The Morgan fingerprint density at radius 3 is 2.55 bits per heavy atom. The third kappa shape index (κ3) is 6.23. The van der Waals surface area contributed by atoms with Crippen molar-refractivity contribution in [2.45, 2.75) is 32.9 Å². The van der Waals surface area contributed by atoms with Gasteiger partial charge in [0.25, 0.3) is 0 Å². The Balaban J connectivity index is 2.43. The van der Waals surface area contributed by atoms with Gasteiger partial charge in [-0.05, 0) is 44.1 Å². The minimum absolute atomic E-state index is 0.230. The van der Waals surface area contributed by atoms with Crippen LogP contribution in [-0.2, 0) is 0 Å². The Kier molecular flexibility index (Phi) is 7.52. The highest BCUT2D eigenvalue weighted by molar-refractivity contribution is 6.30. The van der Waals surface area contributed by atoms with Gasteiger partial charge in [0.2, 0.25) is 0 Å². The maximum Gasteiger partial charge on any atom is 0.0791 e. The van der Waals surface area contributed by atoms with Crippen LogP contribution in [0.1, 0.15) is 32.4 Å². The first-order chi connectivity index (χ1) is 9.40. The number of aliphatic hydroxyl groups is 1. The van der Waals surface area contributed by atoms with E-state index in [0.717, 1.165) is 11.6 Å². The van der Waals surface area contributed by atoms with E-state index in [4.69, 9.17) is 11.6 Å². The van der Waals surface area contributed by atoms with E-state index in [2.05, 4.69) is 37.1 Å². The van der Waals surface area contributed by atoms with Crippen molar-refractivity contribution >= 4 is 11.6 Å². The first-order valence-corrected chi connectivity index (χ1v) is 7.62. The zero-order valence-corrected chi connectivity index (χ0v) is 13.7. The van der Waals surface area contributed by atoms with Gasteiger partial charge in [-0.1, -0.05) is 37.6 Å². The molecule has 114 valence electrons. The molecule has 0 aliphatic carbocycles. The first-order valence-electron chi connectivity index (χ1n) is 7.24. The van der Waals surface area contributed by atoms with Gasteiger partial charge in [-0.3, -0.25) is 4.90 Å². The van der Waals surface area contributed by atoms with Gasteiger partial charge >= 0.3 is 0 Å². The summed E-state index contributed by atoms with van der Waals surface area (Å²) in [6, 6.07) is 8.11. The van der Waals surface area contributed by atoms with Crippen molar-refractivity contribution in [1.29, 1.82) is 0 Å². The molecule has 20 heavy (non-hydrogen) atoms. The lowest BCUT2D eigenvalue weighted by Gasteiger charge is -2.27. The number of rotatable bonds is 8. The number of nitrogens with zero attached hydrogens (tertiary/aromatic N) is 1. The third-order valence-corrected chi connectivity index (χ3v) is 3.66. The highest BCUT2D eigenvalue weighted by atomic mass is 35.5. The number of likely N-dealkylation sites (N-methyl/N-ethyl adjacent to an activating group) is 1. The molecule has 1 aromatic carbocycles. The van der Waals surface area contributed by atoms with Gasteiger partial charge in [-0.15, -0.1) is 0 Å². The van der Waals surface area contributed by atoms with Crippen LogP contribution in [0.15, 0.2) is 24.3 Å². The number of nitrogens with one attached hydrogen (secondary N) is 1. The van der Waals surface area contributed by atoms with Crippen LogP contribution in [-0.4, -0.2) is 42.8 Å². The molecule has 0 amide bonds. The Morgan fingerprint density at radius 2 is 1.95 bits per heavy atom. The lowest BCUT2D eigenvalue weighted by Crippen LogP contribution is -2.38. The zero-order valence-electron chi connectivity index (χ0n) is 12.9. The molecule has 0 bridgehead atoms. The summed E-state index contributed by atoms with van der Waals surface area (Å²) in [4.78, 5) is 2.15. The van der Waals surface area contributed by atoms with Crippen LogP contribution in [0.3, 0.4) is 0 Å². The number of hydrogen-bond donors (Lipinski definition) is 2. The number of halogens is 1. The summed E-state index contributed by atoms with van der Waals surface area (Å²) in [5.74, 6) is 0.602. The monoisotopic (exact) mass is 298 g/mol. The Bertz CT molecular complexity index is 398. The Labute approximate surface area is 127 Å². The molecular formula is C16H27ClN2O. The third-order valence-electron chi connectivity index (χ3n) is 3.42. The average Bonchev–Trinajstić information content (AvgIpc) is 2.37. The SMILES string of the molecule is CC(C)CNCC(O)CN(C)C(C)c1cccc(Cl)c1. The van der Waals surface area contributed by atoms with E-state index in [9.17, 15) is 5.11 Å². The molecule has 0 aliphatic heterocycles. The molecule has 0 saturated heterocycles. The maximum absolute atomic E-state index is 10.1. The van der Waals surface area contributed by atoms with E-state index in [0.29, 0.717) is 19.0 Å². The van der Waals surface area contributed by atoms with Crippen LogP contribution < -0.4 is 5.32 Å². The Hall–Kier alpha value is -0.610. The van der Waals surface area contributed by atoms with E-state index in [1.54, 1.807) is 0 Å². The van der Waals surface area contributed by atoms with Crippen LogP contribution in [0.25, 0.3) is 0 Å². The highest BCUT2D eigenvalue weighted by Crippen LogP contribution is 2.21.